The fourth-order valence-corrected chi connectivity index (χ4v) is 6.61. The van der Waals surface area contributed by atoms with Gasteiger partial charge in [0.15, 0.2) is 0 Å². The Kier molecular flexibility index (Phi) is 10.6. The molecule has 0 saturated heterocycles. The maximum atomic E-state index is 3.92. The van der Waals surface area contributed by atoms with E-state index in [1.165, 1.54) is 36.8 Å². The zero-order valence-corrected chi connectivity index (χ0v) is 26.6. The average Bonchev–Trinajstić information content (AvgIpc) is 2.82. The number of hydrogen-bond acceptors (Lipinski definition) is 2. The minimum Gasteiger partial charge on any atom is -0.343 e. The van der Waals surface area contributed by atoms with Gasteiger partial charge in [-0.1, -0.05) is 54.8 Å². The van der Waals surface area contributed by atoms with Crippen molar-refractivity contribution in [1.29, 1.82) is 0 Å². The van der Waals surface area contributed by atoms with Gasteiger partial charge in [-0.05, 0) is 121 Å². The molecule has 0 aliphatic carbocycles. The van der Waals surface area contributed by atoms with Gasteiger partial charge >= 0.3 is 0 Å². The molecule has 6 heteroatoms. The van der Waals surface area contributed by atoms with Crippen LogP contribution in [-0.2, 0) is 12.8 Å². The van der Waals surface area contributed by atoms with Crippen LogP contribution in [0.4, 0.5) is 22.7 Å². The smallest absolute Gasteiger partial charge is 0.0650 e. The monoisotopic (exact) mass is 712 g/mol. The van der Waals surface area contributed by atoms with Gasteiger partial charge in [0.2, 0.25) is 0 Å². The summed E-state index contributed by atoms with van der Waals surface area (Å²) >= 11 is 15.3. The van der Waals surface area contributed by atoms with E-state index in [4.69, 9.17) is 0 Å². The summed E-state index contributed by atoms with van der Waals surface area (Å²) in [4.78, 5) is 4.45. The normalized spacial score (nSPS) is 11.1. The van der Waals surface area contributed by atoms with E-state index in [1.807, 2.05) is 0 Å². The van der Waals surface area contributed by atoms with Crippen LogP contribution in [0.25, 0.3) is 0 Å². The van der Waals surface area contributed by atoms with E-state index in [0.717, 1.165) is 53.5 Å². The predicted molar refractivity (Wildman–Crippen MR) is 163 cm³/mol. The Balaban J connectivity index is 1.94. The summed E-state index contributed by atoms with van der Waals surface area (Å²) < 4.78 is 4.29. The highest BCUT2D eigenvalue weighted by Crippen LogP contribution is 2.44. The van der Waals surface area contributed by atoms with Crippen molar-refractivity contribution in [1.82, 2.24) is 0 Å². The molecule has 3 rings (SSSR count). The van der Waals surface area contributed by atoms with Gasteiger partial charge in [0.1, 0.15) is 0 Å². The van der Waals surface area contributed by atoms with Gasteiger partial charge in [0, 0.05) is 27.5 Å². The molecule has 3 aromatic rings. The van der Waals surface area contributed by atoms with Crippen molar-refractivity contribution in [2.75, 3.05) is 23.9 Å². The molecule has 182 valence electrons. The van der Waals surface area contributed by atoms with Gasteiger partial charge in [0.25, 0.3) is 0 Å². The second-order valence-electron chi connectivity index (χ2n) is 8.65. The lowest BCUT2D eigenvalue weighted by Gasteiger charge is -2.28. The van der Waals surface area contributed by atoms with Gasteiger partial charge in [-0.25, -0.2) is 0 Å². The second kappa shape index (κ2) is 12.9. The highest BCUT2D eigenvalue weighted by atomic mass is 79.9. The highest BCUT2D eigenvalue weighted by Gasteiger charge is 2.19. The number of anilines is 4. The van der Waals surface area contributed by atoms with E-state index < -0.39 is 0 Å². The van der Waals surface area contributed by atoms with E-state index in [0.29, 0.717) is 0 Å². The van der Waals surface area contributed by atoms with Gasteiger partial charge in [-0.3, -0.25) is 0 Å². The summed E-state index contributed by atoms with van der Waals surface area (Å²) in [6.45, 7) is 4.46. The lowest BCUT2D eigenvalue weighted by Crippen LogP contribution is -2.15. The maximum Gasteiger partial charge on any atom is 0.0650 e. The minimum absolute atomic E-state index is 1.03. The van der Waals surface area contributed by atoms with Crippen LogP contribution >= 0.6 is 63.7 Å². The third-order valence-corrected chi connectivity index (χ3v) is 8.65. The van der Waals surface area contributed by atoms with Crippen LogP contribution in [0.3, 0.4) is 0 Å². The molecule has 0 heterocycles. The summed E-state index contributed by atoms with van der Waals surface area (Å²) in [6, 6.07) is 17.7. The van der Waals surface area contributed by atoms with Crippen molar-refractivity contribution >= 4 is 86.5 Å². The van der Waals surface area contributed by atoms with Crippen molar-refractivity contribution in [3.8, 4) is 0 Å². The van der Waals surface area contributed by atoms with Crippen LogP contribution in [-0.4, -0.2) is 14.1 Å². The Morgan fingerprint density at radius 2 is 1.00 bits per heavy atom. The first-order valence-electron chi connectivity index (χ1n) is 11.8. The number of benzene rings is 3. The molecule has 0 aliphatic heterocycles. The van der Waals surface area contributed by atoms with Crippen molar-refractivity contribution < 1.29 is 0 Å². The second-order valence-corrected chi connectivity index (χ2v) is 12.1. The fraction of sp³-hybridized carbons (Fsp3) is 0.357. The number of halogens is 4. The van der Waals surface area contributed by atoms with E-state index >= 15 is 0 Å². The molecule has 0 spiro atoms. The van der Waals surface area contributed by atoms with Crippen molar-refractivity contribution in [2.24, 2.45) is 0 Å². The Hall–Kier alpha value is -0.820. The number of rotatable bonds is 10. The lowest BCUT2D eigenvalue weighted by molar-refractivity contribution is 0.794. The van der Waals surface area contributed by atoms with Crippen LogP contribution in [0, 0.1) is 0 Å². The first-order chi connectivity index (χ1) is 16.3. The molecule has 0 unspecified atom stereocenters. The minimum atomic E-state index is 1.03. The molecular formula is C28H32Br4N2. The van der Waals surface area contributed by atoms with Gasteiger partial charge in [0.05, 0.1) is 27.2 Å². The first-order valence-corrected chi connectivity index (χ1v) is 15.0. The third-order valence-electron chi connectivity index (χ3n) is 6.11. The lowest BCUT2D eigenvalue weighted by atomic mass is 10.1. The topological polar surface area (TPSA) is 6.48 Å². The molecule has 0 atom stereocenters. The predicted octanol–water partition coefficient (Wildman–Crippen LogP) is 11.0. The molecule has 34 heavy (non-hydrogen) atoms. The van der Waals surface area contributed by atoms with E-state index in [9.17, 15) is 0 Å². The van der Waals surface area contributed by atoms with Crippen LogP contribution in [0.2, 0.25) is 0 Å². The molecule has 0 N–H and O–H groups in total. The SMILES string of the molecule is CCCCc1ccc(N(C)c2cc(Br)cc(N(C)c3ccc(CCCC)cc3Br)c2Br)c(Br)c1. The fourth-order valence-electron chi connectivity index (χ4n) is 4.03. The molecule has 0 radical (unpaired) electrons. The van der Waals surface area contributed by atoms with Crippen molar-refractivity contribution in [3.63, 3.8) is 0 Å². The first kappa shape index (κ1) is 27.8. The largest absolute Gasteiger partial charge is 0.343 e. The molecule has 0 bridgehead atoms. The average molecular weight is 716 g/mol. The van der Waals surface area contributed by atoms with Crippen LogP contribution < -0.4 is 9.80 Å². The van der Waals surface area contributed by atoms with E-state index in [-0.39, 0.29) is 0 Å². The molecular weight excluding hydrogens is 684 g/mol. The number of unbranched alkanes of at least 4 members (excludes halogenated alkanes) is 2. The summed E-state index contributed by atoms with van der Waals surface area (Å²) in [7, 11) is 4.22. The molecule has 0 aromatic heterocycles. The Bertz CT molecular complexity index is 1040. The Labute approximate surface area is 238 Å². The Morgan fingerprint density at radius 1 is 0.588 bits per heavy atom. The van der Waals surface area contributed by atoms with Crippen molar-refractivity contribution in [3.05, 3.63) is 77.5 Å². The quantitative estimate of drug-likeness (QED) is 0.206. The third kappa shape index (κ3) is 6.68. The summed E-state index contributed by atoms with van der Waals surface area (Å²) in [5, 5.41) is 0. The molecule has 2 nitrogen and oxygen atoms in total. The van der Waals surface area contributed by atoms with Crippen LogP contribution in [0.5, 0.6) is 0 Å². The Morgan fingerprint density at radius 3 is 1.35 bits per heavy atom. The zero-order chi connectivity index (χ0) is 24.8. The summed E-state index contributed by atoms with van der Waals surface area (Å²) in [6.07, 6.45) is 7.06. The number of aryl methyl sites for hydroxylation is 2. The van der Waals surface area contributed by atoms with Crippen molar-refractivity contribution in [2.45, 2.75) is 52.4 Å². The van der Waals surface area contributed by atoms with Crippen LogP contribution in [0.1, 0.15) is 50.7 Å². The zero-order valence-electron chi connectivity index (χ0n) is 20.3. The molecule has 0 fully saturated rings. The summed E-state index contributed by atoms with van der Waals surface area (Å²) in [5.74, 6) is 0. The molecule has 0 aliphatic rings. The molecule has 3 aromatic carbocycles. The van der Waals surface area contributed by atoms with Gasteiger partial charge in [-0.2, -0.15) is 0 Å². The van der Waals surface area contributed by atoms with E-state index in [2.05, 4.69) is 150 Å². The molecule has 0 amide bonds. The van der Waals surface area contributed by atoms with Gasteiger partial charge < -0.3 is 9.80 Å². The van der Waals surface area contributed by atoms with E-state index in [1.54, 1.807) is 0 Å². The highest BCUT2D eigenvalue weighted by molar-refractivity contribution is 9.11. The number of hydrogen-bond donors (Lipinski definition) is 0. The van der Waals surface area contributed by atoms with Crippen LogP contribution in [0.15, 0.2) is 66.4 Å². The van der Waals surface area contributed by atoms with Gasteiger partial charge in [-0.15, -0.1) is 0 Å². The summed E-state index contributed by atoms with van der Waals surface area (Å²) in [5.41, 5.74) is 7.18. The number of nitrogens with zero attached hydrogens (tertiary/aromatic N) is 2. The standard InChI is InChI=1S/C28H32Br4N2/c1-5-7-9-19-11-13-24(22(30)15-19)33(3)26-17-21(29)18-27(28(26)32)34(4)25-14-12-20(10-8-6-2)16-23(25)31/h11-18H,5-10H2,1-4H3. The maximum absolute atomic E-state index is 3.92. The molecule has 0 saturated carbocycles.